The second-order valence-corrected chi connectivity index (χ2v) is 11.8. The van der Waals surface area contributed by atoms with Gasteiger partial charge in [-0.1, -0.05) is 35.6 Å². The van der Waals surface area contributed by atoms with Crippen LogP contribution >= 0.6 is 27.3 Å². The number of carboxylic acid groups (broad SMARTS) is 1. The lowest BCUT2D eigenvalue weighted by Gasteiger charge is -2.24. The number of esters is 1. The van der Waals surface area contributed by atoms with Crippen LogP contribution in [-0.2, 0) is 16.1 Å². The van der Waals surface area contributed by atoms with Gasteiger partial charge in [0.15, 0.2) is 16.3 Å². The summed E-state index contributed by atoms with van der Waals surface area (Å²) >= 11 is 4.78. The van der Waals surface area contributed by atoms with E-state index in [9.17, 15) is 14.4 Å². The largest absolute Gasteiger partial charge is 0.488 e. The maximum absolute atomic E-state index is 13.9. The molecule has 0 aliphatic carbocycles. The van der Waals surface area contributed by atoms with Gasteiger partial charge in [0.05, 0.1) is 38.5 Å². The third-order valence-electron chi connectivity index (χ3n) is 7.08. The standard InChI is InChI=1S/C32H25BrN2O8S/c1-3-40-31(39)27-17(2)34-32-35(28(27)21-9-11-24-25(14-21)43-16-42-24)29(36)26(44-32)13-19-6-10-23(22(33)12-19)41-15-18-4-7-20(8-5-18)30(37)38/h4-14,28H,3,15-16H2,1-2H3,(H,37,38)/b26-13+/t28-/m1/s1. The summed E-state index contributed by atoms with van der Waals surface area (Å²) in [5, 5.41) is 9.08. The van der Waals surface area contributed by atoms with Crippen LogP contribution in [0.2, 0.25) is 0 Å². The highest BCUT2D eigenvalue weighted by Crippen LogP contribution is 2.38. The Bertz CT molecular complexity index is 2010. The molecule has 0 bridgehead atoms. The highest BCUT2D eigenvalue weighted by molar-refractivity contribution is 9.10. The minimum Gasteiger partial charge on any atom is -0.488 e. The summed E-state index contributed by atoms with van der Waals surface area (Å²) in [6.07, 6.45) is 1.77. The molecular formula is C32H25BrN2O8S. The number of hydrogen-bond acceptors (Lipinski definition) is 9. The summed E-state index contributed by atoms with van der Waals surface area (Å²) in [6, 6.07) is 16.5. The van der Waals surface area contributed by atoms with Crippen molar-refractivity contribution in [2.45, 2.75) is 26.5 Å². The molecule has 0 unspecified atom stereocenters. The van der Waals surface area contributed by atoms with E-state index in [1.807, 2.05) is 18.2 Å². The number of halogens is 1. The van der Waals surface area contributed by atoms with Crippen molar-refractivity contribution in [3.63, 3.8) is 0 Å². The van der Waals surface area contributed by atoms with Gasteiger partial charge in [0.1, 0.15) is 12.4 Å². The third kappa shape index (κ3) is 5.65. The zero-order valence-corrected chi connectivity index (χ0v) is 25.9. The van der Waals surface area contributed by atoms with Gasteiger partial charge in [0, 0.05) is 0 Å². The number of benzene rings is 3. The van der Waals surface area contributed by atoms with Crippen LogP contribution in [0.15, 0.2) is 86.2 Å². The number of carbonyl (C=O) groups is 2. The van der Waals surface area contributed by atoms with E-state index in [0.29, 0.717) is 42.3 Å². The molecule has 0 saturated carbocycles. The van der Waals surface area contributed by atoms with Crippen LogP contribution in [0, 0.1) is 0 Å². The summed E-state index contributed by atoms with van der Waals surface area (Å²) in [5.41, 5.74) is 2.90. The maximum Gasteiger partial charge on any atom is 0.338 e. The van der Waals surface area contributed by atoms with Gasteiger partial charge in [0.2, 0.25) is 6.79 Å². The van der Waals surface area contributed by atoms with E-state index in [4.69, 9.17) is 24.1 Å². The van der Waals surface area contributed by atoms with E-state index >= 15 is 0 Å². The molecule has 1 atom stereocenters. The minimum atomic E-state index is -0.985. The molecule has 3 aromatic carbocycles. The number of aromatic carboxylic acids is 1. The number of nitrogens with zero attached hydrogens (tertiary/aromatic N) is 2. The topological polar surface area (TPSA) is 126 Å². The number of fused-ring (bicyclic) bond motifs is 2. The Morgan fingerprint density at radius 1 is 1.11 bits per heavy atom. The molecule has 1 aromatic heterocycles. The third-order valence-corrected chi connectivity index (χ3v) is 8.68. The van der Waals surface area contributed by atoms with Crippen LogP contribution in [-0.4, -0.2) is 35.0 Å². The van der Waals surface area contributed by atoms with Crippen LogP contribution < -0.4 is 29.1 Å². The van der Waals surface area contributed by atoms with Crippen molar-refractivity contribution in [3.05, 3.63) is 118 Å². The molecule has 2 aliphatic rings. The molecule has 6 rings (SSSR count). The van der Waals surface area contributed by atoms with E-state index in [1.54, 1.807) is 50.3 Å². The molecule has 1 N–H and O–H groups in total. The minimum absolute atomic E-state index is 0.0976. The Labute approximate surface area is 263 Å². The summed E-state index contributed by atoms with van der Waals surface area (Å²) in [5.74, 6) is 0.188. The molecule has 44 heavy (non-hydrogen) atoms. The van der Waals surface area contributed by atoms with E-state index in [2.05, 4.69) is 20.9 Å². The number of rotatable bonds is 8. The average Bonchev–Trinajstić information content (AvgIpc) is 3.59. The number of ether oxygens (including phenoxy) is 4. The Morgan fingerprint density at radius 2 is 1.89 bits per heavy atom. The SMILES string of the molecule is CCOC(=O)C1=C(C)N=c2s/c(=C/c3ccc(OCc4ccc(C(=O)O)cc4)c(Br)c3)c(=O)n2[C@@H]1c1ccc2c(c1)OCO2. The van der Waals surface area contributed by atoms with E-state index in [-0.39, 0.29) is 36.7 Å². The van der Waals surface area contributed by atoms with Crippen molar-refractivity contribution in [2.75, 3.05) is 13.4 Å². The number of allylic oxidation sites excluding steroid dienone is 1. The van der Waals surface area contributed by atoms with Crippen molar-refractivity contribution in [2.24, 2.45) is 4.99 Å². The fourth-order valence-corrected chi connectivity index (χ4v) is 6.53. The summed E-state index contributed by atoms with van der Waals surface area (Å²) in [7, 11) is 0. The quantitative estimate of drug-likeness (QED) is 0.269. The van der Waals surface area contributed by atoms with Crippen molar-refractivity contribution in [1.29, 1.82) is 0 Å². The number of carboxylic acids is 1. The van der Waals surface area contributed by atoms with Crippen LogP contribution in [0.1, 0.15) is 46.9 Å². The van der Waals surface area contributed by atoms with Gasteiger partial charge < -0.3 is 24.1 Å². The molecule has 224 valence electrons. The second kappa shape index (κ2) is 12.1. The van der Waals surface area contributed by atoms with Crippen molar-refractivity contribution >= 4 is 45.3 Å². The van der Waals surface area contributed by atoms with Gasteiger partial charge in [-0.15, -0.1) is 0 Å². The Kier molecular flexibility index (Phi) is 8.11. The smallest absolute Gasteiger partial charge is 0.338 e. The van der Waals surface area contributed by atoms with Crippen LogP contribution in [0.25, 0.3) is 6.08 Å². The Balaban J connectivity index is 1.33. The first-order valence-corrected chi connectivity index (χ1v) is 15.2. The average molecular weight is 678 g/mol. The Morgan fingerprint density at radius 3 is 2.61 bits per heavy atom. The number of aromatic nitrogens is 1. The molecule has 3 heterocycles. The molecular weight excluding hydrogens is 652 g/mol. The molecule has 0 spiro atoms. The number of thiazole rings is 1. The molecule has 10 nitrogen and oxygen atoms in total. The van der Waals surface area contributed by atoms with E-state index < -0.39 is 18.0 Å². The highest BCUT2D eigenvalue weighted by atomic mass is 79.9. The fourth-order valence-electron chi connectivity index (χ4n) is 4.97. The summed E-state index contributed by atoms with van der Waals surface area (Å²) < 4.78 is 25.0. The van der Waals surface area contributed by atoms with Gasteiger partial charge >= 0.3 is 11.9 Å². The highest BCUT2D eigenvalue weighted by Gasteiger charge is 2.34. The van der Waals surface area contributed by atoms with E-state index in [1.165, 1.54) is 28.0 Å². The normalized spacial score (nSPS) is 15.5. The fraction of sp³-hybridized carbons (Fsp3) is 0.188. The van der Waals surface area contributed by atoms with Crippen molar-refractivity contribution < 1.29 is 33.6 Å². The first-order chi connectivity index (χ1) is 21.2. The Hall–Kier alpha value is -4.68. The van der Waals surface area contributed by atoms with Gasteiger partial charge in [-0.05, 0) is 88.9 Å². The van der Waals surface area contributed by atoms with Crippen LogP contribution in [0.5, 0.6) is 17.2 Å². The molecule has 0 radical (unpaired) electrons. The predicted molar refractivity (Wildman–Crippen MR) is 165 cm³/mol. The molecule has 12 heteroatoms. The van der Waals surface area contributed by atoms with Gasteiger partial charge in [-0.2, -0.15) is 0 Å². The van der Waals surface area contributed by atoms with Crippen molar-refractivity contribution in [3.8, 4) is 17.2 Å². The first kappa shape index (κ1) is 29.4. The molecule has 0 fully saturated rings. The molecule has 0 saturated heterocycles. The molecule has 0 amide bonds. The van der Waals surface area contributed by atoms with Gasteiger partial charge in [-0.3, -0.25) is 9.36 Å². The lowest BCUT2D eigenvalue weighted by Crippen LogP contribution is -2.39. The molecule has 4 aromatic rings. The lowest BCUT2D eigenvalue weighted by atomic mass is 9.95. The number of hydrogen-bond donors (Lipinski definition) is 1. The van der Waals surface area contributed by atoms with Gasteiger partial charge in [0.25, 0.3) is 5.56 Å². The van der Waals surface area contributed by atoms with Crippen LogP contribution in [0.3, 0.4) is 0 Å². The predicted octanol–water partition coefficient (Wildman–Crippen LogP) is 4.57. The monoisotopic (exact) mass is 676 g/mol. The van der Waals surface area contributed by atoms with E-state index in [0.717, 1.165) is 11.1 Å². The first-order valence-electron chi connectivity index (χ1n) is 13.6. The summed E-state index contributed by atoms with van der Waals surface area (Å²) in [6.45, 7) is 3.99. The maximum atomic E-state index is 13.9. The number of carbonyl (C=O) groups excluding carboxylic acids is 1. The van der Waals surface area contributed by atoms with Crippen LogP contribution in [0.4, 0.5) is 0 Å². The summed E-state index contributed by atoms with van der Waals surface area (Å²) in [4.78, 5) is 43.2. The molecule has 2 aliphatic heterocycles. The lowest BCUT2D eigenvalue weighted by molar-refractivity contribution is -0.139. The van der Waals surface area contributed by atoms with Crippen molar-refractivity contribution in [1.82, 2.24) is 4.57 Å². The second-order valence-electron chi connectivity index (χ2n) is 9.90. The zero-order valence-electron chi connectivity index (χ0n) is 23.5. The zero-order chi connectivity index (χ0) is 31.0. The van der Waals surface area contributed by atoms with Gasteiger partial charge in [-0.25, -0.2) is 14.6 Å².